The third-order valence-corrected chi connectivity index (χ3v) is 3.15. The Labute approximate surface area is 101 Å². The molecule has 0 aliphatic carbocycles. The minimum atomic E-state index is 0.804. The van der Waals surface area contributed by atoms with Gasteiger partial charge in [0.2, 0.25) is 0 Å². The number of hydrogen-bond donors (Lipinski definition) is 1. The molecule has 0 unspecified atom stereocenters. The van der Waals surface area contributed by atoms with E-state index in [9.17, 15) is 0 Å². The minimum Gasteiger partial charge on any atom is -0.496 e. The van der Waals surface area contributed by atoms with Crippen LogP contribution in [0.4, 0.5) is 0 Å². The van der Waals surface area contributed by atoms with Crippen LogP contribution in [0, 0.1) is 0 Å². The lowest BCUT2D eigenvalue weighted by Gasteiger charge is -2.13. The summed E-state index contributed by atoms with van der Waals surface area (Å²) in [5.41, 5.74) is 1.14. The fourth-order valence-electron chi connectivity index (χ4n) is 1.41. The van der Waals surface area contributed by atoms with Crippen molar-refractivity contribution in [1.82, 2.24) is 0 Å². The molecule has 0 N–H and O–H groups in total. The highest BCUT2D eigenvalue weighted by molar-refractivity contribution is 7.98. The predicted octanol–water partition coefficient (Wildman–Crippen LogP) is 2.90. The van der Waals surface area contributed by atoms with E-state index < -0.39 is 0 Å². The number of benzene rings is 1. The summed E-state index contributed by atoms with van der Waals surface area (Å²) in [6, 6.07) is 4.04. The largest absolute Gasteiger partial charge is 0.496 e. The maximum atomic E-state index is 5.34. The van der Waals surface area contributed by atoms with Crippen LogP contribution in [0.3, 0.4) is 0 Å². The second kappa shape index (κ2) is 6.18. The Bertz CT molecular complexity index is 327. The molecule has 15 heavy (non-hydrogen) atoms. The van der Waals surface area contributed by atoms with E-state index in [1.54, 1.807) is 26.0 Å². The molecule has 4 heteroatoms. The van der Waals surface area contributed by atoms with Crippen LogP contribution in [0.2, 0.25) is 0 Å². The molecule has 0 radical (unpaired) electrons. The zero-order valence-electron chi connectivity index (χ0n) is 9.24. The number of thioether (sulfide) groups is 1. The summed E-state index contributed by atoms with van der Waals surface area (Å²) in [5, 5.41) is 0. The lowest BCUT2D eigenvalue weighted by atomic mass is 10.1. The van der Waals surface area contributed by atoms with Gasteiger partial charge in [0, 0.05) is 0 Å². The molecule has 0 saturated heterocycles. The Morgan fingerprint density at radius 3 is 2.33 bits per heavy atom. The van der Waals surface area contributed by atoms with Gasteiger partial charge in [-0.15, -0.1) is 11.8 Å². The molecule has 1 rings (SSSR count). The number of methoxy groups -OCH3 is 2. The number of ether oxygens (including phenoxy) is 2. The van der Waals surface area contributed by atoms with Crippen LogP contribution < -0.4 is 9.47 Å². The van der Waals surface area contributed by atoms with E-state index in [1.165, 1.54) is 0 Å². The van der Waals surface area contributed by atoms with Gasteiger partial charge in [-0.05, 0) is 36.1 Å². The van der Waals surface area contributed by atoms with Crippen molar-refractivity contribution in [3.8, 4) is 11.5 Å². The first-order chi connectivity index (χ1) is 7.26. The molecule has 84 valence electrons. The van der Waals surface area contributed by atoms with Gasteiger partial charge in [-0.3, -0.25) is 0 Å². The Morgan fingerprint density at radius 1 is 1.20 bits per heavy atom. The molecule has 0 aliphatic rings. The molecule has 0 aliphatic heterocycles. The standard InChI is InChI=1S/C11H16O2S2/c1-12-9-7-11(15-3)10(13-2)6-8(9)4-5-14/h6-7,14H,4-5H2,1-3H3. The van der Waals surface area contributed by atoms with Crippen LogP contribution in [0.5, 0.6) is 11.5 Å². The maximum Gasteiger partial charge on any atom is 0.132 e. The van der Waals surface area contributed by atoms with Gasteiger partial charge >= 0.3 is 0 Å². The number of rotatable bonds is 5. The van der Waals surface area contributed by atoms with E-state index in [0.29, 0.717) is 0 Å². The highest BCUT2D eigenvalue weighted by Crippen LogP contribution is 2.34. The van der Waals surface area contributed by atoms with Crippen molar-refractivity contribution in [2.45, 2.75) is 11.3 Å². The fourth-order valence-corrected chi connectivity index (χ4v) is 2.22. The Hall–Kier alpha value is -0.480. The van der Waals surface area contributed by atoms with Crippen molar-refractivity contribution in [3.63, 3.8) is 0 Å². The number of hydrogen-bond acceptors (Lipinski definition) is 4. The van der Waals surface area contributed by atoms with E-state index in [4.69, 9.17) is 9.47 Å². The minimum absolute atomic E-state index is 0.804. The normalized spacial score (nSPS) is 10.1. The highest BCUT2D eigenvalue weighted by Gasteiger charge is 2.09. The van der Waals surface area contributed by atoms with Crippen LogP contribution in [-0.4, -0.2) is 26.2 Å². The van der Waals surface area contributed by atoms with Gasteiger partial charge in [0.25, 0.3) is 0 Å². The maximum absolute atomic E-state index is 5.34. The first-order valence-corrected chi connectivity index (χ1v) is 6.52. The molecule has 0 saturated carbocycles. The van der Waals surface area contributed by atoms with Gasteiger partial charge in [-0.2, -0.15) is 12.6 Å². The van der Waals surface area contributed by atoms with Crippen molar-refractivity contribution in [1.29, 1.82) is 0 Å². The summed E-state index contributed by atoms with van der Waals surface area (Å²) < 4.78 is 10.7. The highest BCUT2D eigenvalue weighted by atomic mass is 32.2. The molecule has 0 aromatic heterocycles. The van der Waals surface area contributed by atoms with Crippen molar-refractivity contribution in [2.24, 2.45) is 0 Å². The zero-order valence-corrected chi connectivity index (χ0v) is 11.0. The summed E-state index contributed by atoms with van der Waals surface area (Å²) in [6.45, 7) is 0. The quantitative estimate of drug-likeness (QED) is 0.634. The zero-order chi connectivity index (χ0) is 11.3. The second-order valence-electron chi connectivity index (χ2n) is 2.99. The van der Waals surface area contributed by atoms with Gasteiger partial charge < -0.3 is 9.47 Å². The van der Waals surface area contributed by atoms with Crippen LogP contribution in [-0.2, 0) is 6.42 Å². The monoisotopic (exact) mass is 244 g/mol. The molecule has 1 aromatic carbocycles. The molecule has 0 fully saturated rings. The van der Waals surface area contributed by atoms with Crippen LogP contribution in [0.25, 0.3) is 0 Å². The SMILES string of the molecule is COc1cc(SC)c(OC)cc1CCS. The molecule has 1 aromatic rings. The summed E-state index contributed by atoms with van der Waals surface area (Å²) >= 11 is 5.88. The van der Waals surface area contributed by atoms with Gasteiger partial charge in [0.15, 0.2) is 0 Å². The van der Waals surface area contributed by atoms with Crippen molar-refractivity contribution in [3.05, 3.63) is 17.7 Å². The third kappa shape index (κ3) is 2.98. The van der Waals surface area contributed by atoms with Gasteiger partial charge in [-0.25, -0.2) is 0 Å². The molecule has 0 atom stereocenters. The summed E-state index contributed by atoms with van der Waals surface area (Å²) in [5.74, 6) is 2.62. The van der Waals surface area contributed by atoms with Crippen LogP contribution in [0.15, 0.2) is 17.0 Å². The molecule has 2 nitrogen and oxygen atoms in total. The number of aryl methyl sites for hydroxylation is 1. The molecular weight excluding hydrogens is 228 g/mol. The average Bonchev–Trinajstić information content (AvgIpc) is 2.28. The molecule has 0 heterocycles. The van der Waals surface area contributed by atoms with Gasteiger partial charge in [0.05, 0.1) is 19.1 Å². The summed E-state index contributed by atoms with van der Waals surface area (Å²) in [6.07, 6.45) is 2.91. The van der Waals surface area contributed by atoms with E-state index in [-0.39, 0.29) is 0 Å². The molecule has 0 bridgehead atoms. The van der Waals surface area contributed by atoms with E-state index in [2.05, 4.69) is 12.6 Å². The number of thiol groups is 1. The van der Waals surface area contributed by atoms with E-state index in [0.717, 1.165) is 34.1 Å². The lowest BCUT2D eigenvalue weighted by molar-refractivity contribution is 0.391. The van der Waals surface area contributed by atoms with E-state index >= 15 is 0 Å². The smallest absolute Gasteiger partial charge is 0.132 e. The lowest BCUT2D eigenvalue weighted by Crippen LogP contribution is -1.96. The summed E-state index contributed by atoms with van der Waals surface area (Å²) in [4.78, 5) is 1.09. The Balaban J connectivity index is 3.15. The fraction of sp³-hybridized carbons (Fsp3) is 0.455. The third-order valence-electron chi connectivity index (χ3n) is 2.17. The predicted molar refractivity (Wildman–Crippen MR) is 68.9 cm³/mol. The Morgan fingerprint density at radius 2 is 1.87 bits per heavy atom. The van der Waals surface area contributed by atoms with Gasteiger partial charge in [0.1, 0.15) is 11.5 Å². The second-order valence-corrected chi connectivity index (χ2v) is 4.29. The molecule has 0 spiro atoms. The first-order valence-electron chi connectivity index (χ1n) is 4.66. The molecule has 0 amide bonds. The van der Waals surface area contributed by atoms with Crippen molar-refractivity contribution in [2.75, 3.05) is 26.2 Å². The van der Waals surface area contributed by atoms with Gasteiger partial charge in [-0.1, -0.05) is 0 Å². The van der Waals surface area contributed by atoms with Crippen LogP contribution >= 0.6 is 24.4 Å². The topological polar surface area (TPSA) is 18.5 Å². The van der Waals surface area contributed by atoms with Crippen molar-refractivity contribution >= 4 is 24.4 Å². The van der Waals surface area contributed by atoms with E-state index in [1.807, 2.05) is 18.4 Å². The van der Waals surface area contributed by atoms with Crippen LogP contribution in [0.1, 0.15) is 5.56 Å². The average molecular weight is 244 g/mol. The molecular formula is C11H16O2S2. The first kappa shape index (κ1) is 12.6. The summed E-state index contributed by atoms with van der Waals surface area (Å²) in [7, 11) is 3.37. The van der Waals surface area contributed by atoms with Crippen molar-refractivity contribution < 1.29 is 9.47 Å². The Kier molecular flexibility index (Phi) is 5.19.